The van der Waals surface area contributed by atoms with Gasteiger partial charge in [-0.3, -0.25) is 9.97 Å². The minimum atomic E-state index is -0.117. The van der Waals surface area contributed by atoms with E-state index >= 15 is 0 Å². The third kappa shape index (κ3) is 15.8. The van der Waals surface area contributed by atoms with E-state index in [1.807, 2.05) is 41.1 Å². The Balaban J connectivity index is 0.000000114. The van der Waals surface area contributed by atoms with Crippen molar-refractivity contribution in [3.8, 4) is 56.1 Å². The van der Waals surface area contributed by atoms with Crippen LogP contribution in [0.1, 0.15) is 132 Å². The van der Waals surface area contributed by atoms with E-state index in [1.54, 1.807) is 12.5 Å². The van der Waals surface area contributed by atoms with Gasteiger partial charge in [0.2, 0.25) is 0 Å². The van der Waals surface area contributed by atoms with Gasteiger partial charge >= 0.3 is 0 Å². The summed E-state index contributed by atoms with van der Waals surface area (Å²) in [5, 5.41) is 5.83. The molecule has 11 nitrogen and oxygen atoms in total. The molecule has 0 fully saturated rings. The van der Waals surface area contributed by atoms with Crippen molar-refractivity contribution in [2.45, 2.75) is 131 Å². The largest absolute Gasteiger partial charge is 0.468 e. The molecular weight excluding hydrogens is 1860 g/mol. The van der Waals surface area contributed by atoms with Crippen LogP contribution in [0.2, 0.25) is 0 Å². The second-order valence-corrected chi connectivity index (χ2v) is 47.9. The lowest BCUT2D eigenvalue weighted by Crippen LogP contribution is -2.61. The van der Waals surface area contributed by atoms with Gasteiger partial charge in [0.15, 0.2) is 0 Å². The number of hydrogen-bond donors (Lipinski definition) is 0. The molecular formula is C134H112B3N9O2S2. The Hall–Kier alpha value is -16.4. The van der Waals surface area contributed by atoms with Crippen LogP contribution in [-0.4, -0.2) is 40.1 Å². The molecule has 0 radical (unpaired) electrons. The molecule has 726 valence electrons. The fraction of sp³-hybridized carbons (Fsp3) is 0.149. The number of pyridine rings is 2. The Kier molecular flexibility index (Phi) is 22.2. The number of anilines is 15. The van der Waals surface area contributed by atoms with Gasteiger partial charge in [-0.1, -0.05) is 328 Å². The number of hydrogen-bond acceptors (Lipinski definition) is 13. The second kappa shape index (κ2) is 35.7. The van der Waals surface area contributed by atoms with Gasteiger partial charge in [0, 0.05) is 133 Å². The van der Waals surface area contributed by atoms with E-state index in [9.17, 15) is 0 Å². The quantitative estimate of drug-likeness (QED) is 0.129. The van der Waals surface area contributed by atoms with Crippen LogP contribution in [-0.2, 0) is 27.1 Å². The van der Waals surface area contributed by atoms with Crippen molar-refractivity contribution < 1.29 is 9.15 Å². The summed E-state index contributed by atoms with van der Waals surface area (Å²) in [6, 6.07) is 136. The van der Waals surface area contributed by atoms with E-state index in [0.29, 0.717) is 0 Å². The predicted molar refractivity (Wildman–Crippen MR) is 638 cm³/mol. The van der Waals surface area contributed by atoms with Crippen molar-refractivity contribution in [3.63, 3.8) is 0 Å². The van der Waals surface area contributed by atoms with Crippen molar-refractivity contribution >= 4 is 218 Å². The number of thiophene rings is 2. The number of aromatic nitrogens is 4. The maximum atomic E-state index is 7.16. The number of furan rings is 1. The molecule has 12 heterocycles. The van der Waals surface area contributed by atoms with Gasteiger partial charge in [0.1, 0.15) is 23.4 Å². The van der Waals surface area contributed by atoms with Crippen molar-refractivity contribution in [2.24, 2.45) is 0 Å². The van der Waals surface area contributed by atoms with Crippen LogP contribution in [0.5, 0.6) is 11.5 Å². The smallest absolute Gasteiger partial charge is 0.297 e. The Morgan fingerprint density at radius 2 is 0.713 bits per heavy atom. The zero-order valence-corrected chi connectivity index (χ0v) is 88.7. The van der Waals surface area contributed by atoms with Gasteiger partial charge in [-0.05, 0) is 267 Å². The molecule has 0 bridgehead atoms. The number of nitrogens with zero attached hydrogens (tertiary/aromatic N) is 9. The summed E-state index contributed by atoms with van der Waals surface area (Å²) >= 11 is 3.77. The summed E-state index contributed by atoms with van der Waals surface area (Å²) < 4.78 is 19.1. The second-order valence-electron chi connectivity index (χ2n) is 45.7. The number of fused-ring (bicyclic) bond motifs is 20. The van der Waals surface area contributed by atoms with Crippen molar-refractivity contribution in [3.05, 3.63) is 435 Å². The van der Waals surface area contributed by atoms with E-state index < -0.39 is 0 Å². The number of benzene rings is 16. The summed E-state index contributed by atoms with van der Waals surface area (Å²) in [5.41, 5.74) is 43.0. The van der Waals surface area contributed by atoms with E-state index in [0.717, 1.165) is 113 Å². The monoisotopic (exact) mass is 1980 g/mol. The van der Waals surface area contributed by atoms with Gasteiger partial charge in [-0.2, -0.15) is 0 Å². The molecule has 0 unspecified atom stereocenters. The highest BCUT2D eigenvalue weighted by atomic mass is 32.1. The molecule has 0 amide bonds. The van der Waals surface area contributed by atoms with E-state index in [2.05, 4.69) is 520 Å². The lowest BCUT2D eigenvalue weighted by atomic mass is 9.35. The highest BCUT2D eigenvalue weighted by molar-refractivity contribution is 7.34. The Morgan fingerprint density at radius 1 is 0.267 bits per heavy atom. The standard InChI is InChI=1S/C49H42BN3O.C45H40BN3S.C40H30BN3OS/c1-48(2,3)34-21-18-31(19-22-34)32-12-10-15-37(28-32)53-42-17-11-16-41-44(42)50(47-46(53)39-29-35(49(4,5)6)23-25-43(39)54-47)40-24-20-33-30-51-27-26-38(33)45(40)52(41)36-13-8-7-9-14-36;1-44(2,3)31-21-19-29(20-22-31)30-13-12-16-34(25-30)49-39-28-47-27-38-41(39)46(36-17-10-11-18-37(36)48(38)33-14-8-7-9-15-33)43-42(49)35-26-32(45(4,5)6)23-24-40(35)50-43;1-40(2,3)28-16-12-25(13-17-28)26-14-18-31-34(23-26)44(29-8-5-4-6-9-29)33-10-7-11-35-37(33)41(31)39-38(45-35)30-22-27(15-19-36(30)46-39)32-20-21-42-24-43-32/h7-30H,1-6H3;7-28H,1-6H3;4-24H,1-3H3. The molecule has 0 N–H and O–H groups in total. The fourth-order valence-corrected chi connectivity index (χ4v) is 26.0. The van der Waals surface area contributed by atoms with Crippen molar-refractivity contribution in [1.82, 2.24) is 19.9 Å². The molecule has 0 atom stereocenters. The first-order valence-electron chi connectivity index (χ1n) is 52.2. The average Bonchev–Trinajstić information content (AvgIpc) is 1.44. The zero-order chi connectivity index (χ0) is 102. The Bertz CT molecular complexity index is 9110. The molecule has 0 spiro atoms. The third-order valence-corrected chi connectivity index (χ3v) is 33.6. The first-order valence-corrected chi connectivity index (χ1v) is 53.9. The lowest BCUT2D eigenvalue weighted by Gasteiger charge is -2.42. The van der Waals surface area contributed by atoms with Crippen LogP contribution in [0.3, 0.4) is 0 Å². The van der Waals surface area contributed by atoms with Crippen molar-refractivity contribution in [1.29, 1.82) is 0 Å². The molecule has 0 aliphatic carbocycles. The highest BCUT2D eigenvalue weighted by Crippen LogP contribution is 2.54. The van der Waals surface area contributed by atoms with Gasteiger partial charge in [-0.25, -0.2) is 9.97 Å². The first kappa shape index (κ1) is 93.4. The average molecular weight is 1980 g/mol. The highest BCUT2D eigenvalue weighted by Gasteiger charge is 2.51. The van der Waals surface area contributed by atoms with Gasteiger partial charge in [0.05, 0.1) is 46.5 Å². The molecule has 6 aromatic heterocycles. The Labute approximate surface area is 887 Å². The predicted octanol–water partition coefficient (Wildman–Crippen LogP) is 30.7. The fourth-order valence-electron chi connectivity index (χ4n) is 23.4. The molecule has 150 heavy (non-hydrogen) atoms. The number of para-hydroxylation sites is 4. The minimum absolute atomic E-state index is 0.0252. The molecule has 16 aromatic carbocycles. The van der Waals surface area contributed by atoms with Crippen molar-refractivity contribution in [2.75, 3.05) is 24.5 Å². The summed E-state index contributed by atoms with van der Waals surface area (Å²) in [6.07, 6.45) is 11.4. The lowest BCUT2D eigenvalue weighted by molar-refractivity contribution is 0.494. The maximum Gasteiger partial charge on any atom is 0.297 e. The minimum Gasteiger partial charge on any atom is -0.468 e. The molecule has 16 heteroatoms. The van der Waals surface area contributed by atoms with Crippen LogP contribution in [0.4, 0.5) is 85.3 Å². The summed E-state index contributed by atoms with van der Waals surface area (Å²) in [5.74, 6) is 1.86. The van der Waals surface area contributed by atoms with Crippen LogP contribution in [0.25, 0.3) is 86.6 Å². The summed E-state index contributed by atoms with van der Waals surface area (Å²) in [4.78, 5) is 30.3. The van der Waals surface area contributed by atoms with E-state index in [-0.39, 0.29) is 47.2 Å². The van der Waals surface area contributed by atoms with E-state index in [1.165, 1.54) is 146 Å². The summed E-state index contributed by atoms with van der Waals surface area (Å²) in [7, 11) is 0. The summed E-state index contributed by atoms with van der Waals surface area (Å²) in [6.45, 7) is 34.2. The molecule has 28 rings (SSSR count). The normalized spacial score (nSPS) is 13.5. The maximum absolute atomic E-state index is 7.16. The third-order valence-electron chi connectivity index (χ3n) is 31.2. The van der Waals surface area contributed by atoms with Gasteiger partial charge < -0.3 is 33.7 Å². The molecule has 0 saturated heterocycles. The Morgan fingerprint density at radius 3 is 1.31 bits per heavy atom. The number of ether oxygens (including phenoxy) is 1. The SMILES string of the molecule is CC(C)(C)c1ccc(-c2ccc3c(c2)N(c2ccccc2)c2cccc4c2B3c2sc3ccc(-c5ccncn5)cc3c2O4)cc1.CC(C)(C)c1ccc(-c2cccc(N3c4cccc5c4B(c4ccc6cnccc6c4N5c4ccccc4)c4oc5ccc(C(C)(C)C)cc5c43)c2)cc1.CC(C)(C)c1ccc(-c2cccc(N3c4cncc5c4B(c4ccccc4N5c4ccccc4)c4sc5ccc(C(C)(C)C)cc5c43)c2)cc1. The topological polar surface area (TPSA) is 90.1 Å². The van der Waals surface area contributed by atoms with Crippen LogP contribution < -0.4 is 77.2 Å². The first-order chi connectivity index (χ1) is 72.6. The zero-order valence-electron chi connectivity index (χ0n) is 87.1. The number of rotatable bonds is 9. The van der Waals surface area contributed by atoms with Gasteiger partial charge in [0.25, 0.3) is 20.1 Å². The van der Waals surface area contributed by atoms with Crippen LogP contribution >= 0.6 is 22.7 Å². The van der Waals surface area contributed by atoms with Crippen LogP contribution in [0.15, 0.2) is 412 Å². The molecule has 6 aliphatic heterocycles. The van der Waals surface area contributed by atoms with Crippen LogP contribution in [0, 0.1) is 0 Å². The molecule has 0 saturated carbocycles. The molecule has 22 aromatic rings. The van der Waals surface area contributed by atoms with E-state index in [4.69, 9.17) is 14.1 Å². The molecule has 6 aliphatic rings. The van der Waals surface area contributed by atoms with Gasteiger partial charge in [-0.15, -0.1) is 22.7 Å².